The standard InChI is InChI=1S/C18H19N3O2/c1-3-23-16-7-5-14(6-8-16)10-15(11-19)18(22)21-17-9-4-13(2)12-20-17/h4-9,12,15H,3,10H2,1-2H3,(H,20,21,22)/t15-/m1/s1. The largest absolute Gasteiger partial charge is 0.494 e. The molecule has 5 heteroatoms. The van der Waals surface area contributed by atoms with Crippen molar-refractivity contribution in [2.75, 3.05) is 11.9 Å². The molecule has 0 spiro atoms. The number of ether oxygens (including phenoxy) is 1. The molecule has 118 valence electrons. The van der Waals surface area contributed by atoms with Crippen molar-refractivity contribution in [3.63, 3.8) is 0 Å². The molecule has 1 amide bonds. The molecule has 1 heterocycles. The van der Waals surface area contributed by atoms with Crippen LogP contribution in [0, 0.1) is 24.2 Å². The van der Waals surface area contributed by atoms with E-state index in [4.69, 9.17) is 4.74 Å². The van der Waals surface area contributed by atoms with Gasteiger partial charge in [0.05, 0.1) is 12.7 Å². The Bertz CT molecular complexity index is 688. The summed E-state index contributed by atoms with van der Waals surface area (Å²) in [7, 11) is 0. The van der Waals surface area contributed by atoms with Crippen molar-refractivity contribution in [1.29, 1.82) is 5.26 Å². The number of carbonyl (C=O) groups excluding carboxylic acids is 1. The maximum atomic E-state index is 12.2. The van der Waals surface area contributed by atoms with E-state index in [1.54, 1.807) is 12.3 Å². The molecule has 0 bridgehead atoms. The number of rotatable bonds is 6. The fourth-order valence-electron chi connectivity index (χ4n) is 2.08. The maximum absolute atomic E-state index is 12.2. The van der Waals surface area contributed by atoms with Gasteiger partial charge in [-0.2, -0.15) is 5.26 Å². The summed E-state index contributed by atoms with van der Waals surface area (Å²) in [6, 6.07) is 13.0. The van der Waals surface area contributed by atoms with E-state index in [1.165, 1.54) is 0 Å². The molecule has 0 aliphatic rings. The highest BCUT2D eigenvalue weighted by molar-refractivity contribution is 5.93. The van der Waals surface area contributed by atoms with Crippen molar-refractivity contribution in [3.8, 4) is 11.8 Å². The number of nitrogens with one attached hydrogen (secondary N) is 1. The van der Waals surface area contributed by atoms with Crippen LogP contribution in [0.4, 0.5) is 5.82 Å². The van der Waals surface area contributed by atoms with Gasteiger partial charge < -0.3 is 10.1 Å². The molecular weight excluding hydrogens is 290 g/mol. The fourth-order valence-corrected chi connectivity index (χ4v) is 2.08. The number of nitrogens with zero attached hydrogens (tertiary/aromatic N) is 2. The lowest BCUT2D eigenvalue weighted by Gasteiger charge is -2.10. The smallest absolute Gasteiger partial charge is 0.243 e. The van der Waals surface area contributed by atoms with Crippen LogP contribution in [-0.4, -0.2) is 17.5 Å². The number of amides is 1. The molecule has 2 rings (SSSR count). The Labute approximate surface area is 135 Å². The van der Waals surface area contributed by atoms with E-state index >= 15 is 0 Å². The van der Waals surface area contributed by atoms with Gasteiger partial charge >= 0.3 is 0 Å². The Morgan fingerprint density at radius 2 is 2.04 bits per heavy atom. The van der Waals surface area contributed by atoms with E-state index < -0.39 is 5.92 Å². The topological polar surface area (TPSA) is 75.0 Å². The lowest BCUT2D eigenvalue weighted by molar-refractivity contribution is -0.118. The lowest BCUT2D eigenvalue weighted by atomic mass is 10.00. The second-order valence-electron chi connectivity index (χ2n) is 5.17. The molecule has 0 aliphatic carbocycles. The van der Waals surface area contributed by atoms with E-state index in [1.807, 2.05) is 44.2 Å². The molecule has 1 aromatic carbocycles. The Morgan fingerprint density at radius 3 is 2.61 bits per heavy atom. The Kier molecular flexibility index (Phi) is 5.70. The maximum Gasteiger partial charge on any atom is 0.243 e. The zero-order valence-corrected chi connectivity index (χ0v) is 13.2. The molecule has 0 fully saturated rings. The van der Waals surface area contributed by atoms with Crippen LogP contribution in [-0.2, 0) is 11.2 Å². The molecule has 0 saturated heterocycles. The highest BCUT2D eigenvalue weighted by Gasteiger charge is 2.19. The predicted molar refractivity (Wildman–Crippen MR) is 88.0 cm³/mol. The summed E-state index contributed by atoms with van der Waals surface area (Å²) in [5.74, 6) is 0.111. The van der Waals surface area contributed by atoms with Crippen molar-refractivity contribution in [1.82, 2.24) is 4.98 Å². The van der Waals surface area contributed by atoms with Gasteiger partial charge in [-0.1, -0.05) is 18.2 Å². The number of hydrogen-bond donors (Lipinski definition) is 1. The first-order chi connectivity index (χ1) is 11.1. The molecule has 0 unspecified atom stereocenters. The van der Waals surface area contributed by atoms with Crippen LogP contribution in [0.2, 0.25) is 0 Å². The number of aryl methyl sites for hydroxylation is 1. The number of anilines is 1. The average molecular weight is 309 g/mol. The summed E-state index contributed by atoms with van der Waals surface area (Å²) in [4.78, 5) is 16.3. The zero-order valence-electron chi connectivity index (χ0n) is 13.2. The van der Waals surface area contributed by atoms with Crippen molar-refractivity contribution < 1.29 is 9.53 Å². The van der Waals surface area contributed by atoms with Crippen LogP contribution in [0.3, 0.4) is 0 Å². The molecule has 0 aliphatic heterocycles. The first-order valence-electron chi connectivity index (χ1n) is 7.47. The first-order valence-corrected chi connectivity index (χ1v) is 7.47. The first kappa shape index (κ1) is 16.5. The minimum atomic E-state index is -0.768. The number of hydrogen-bond acceptors (Lipinski definition) is 4. The lowest BCUT2D eigenvalue weighted by Crippen LogP contribution is -2.23. The second kappa shape index (κ2) is 7.95. The fraction of sp³-hybridized carbons (Fsp3) is 0.278. The zero-order chi connectivity index (χ0) is 16.7. The van der Waals surface area contributed by atoms with Gasteiger partial charge in [0.25, 0.3) is 0 Å². The van der Waals surface area contributed by atoms with Gasteiger partial charge in [0, 0.05) is 6.20 Å². The number of nitriles is 1. The van der Waals surface area contributed by atoms with E-state index in [2.05, 4.69) is 16.4 Å². The average Bonchev–Trinajstić information content (AvgIpc) is 2.56. The molecule has 0 radical (unpaired) electrons. The van der Waals surface area contributed by atoms with E-state index in [0.717, 1.165) is 16.9 Å². The van der Waals surface area contributed by atoms with Gasteiger partial charge in [0.2, 0.25) is 5.91 Å². The summed E-state index contributed by atoms with van der Waals surface area (Å²) < 4.78 is 5.38. The number of carbonyl (C=O) groups is 1. The molecule has 0 saturated carbocycles. The summed E-state index contributed by atoms with van der Waals surface area (Å²) in [5, 5.41) is 11.9. The number of aromatic nitrogens is 1. The third kappa shape index (κ3) is 4.82. The number of pyridine rings is 1. The van der Waals surface area contributed by atoms with E-state index in [9.17, 15) is 10.1 Å². The predicted octanol–water partition coefficient (Wildman–Crippen LogP) is 3.11. The van der Waals surface area contributed by atoms with Crippen LogP contribution in [0.15, 0.2) is 42.6 Å². The van der Waals surface area contributed by atoms with Crippen LogP contribution >= 0.6 is 0 Å². The van der Waals surface area contributed by atoms with E-state index in [0.29, 0.717) is 18.8 Å². The van der Waals surface area contributed by atoms with Gasteiger partial charge in [-0.25, -0.2) is 4.98 Å². The summed E-state index contributed by atoms with van der Waals surface area (Å²) >= 11 is 0. The third-order valence-electron chi connectivity index (χ3n) is 3.31. The molecule has 1 aromatic heterocycles. The van der Waals surface area contributed by atoms with E-state index in [-0.39, 0.29) is 5.91 Å². The highest BCUT2D eigenvalue weighted by atomic mass is 16.5. The van der Waals surface area contributed by atoms with Crippen LogP contribution in [0.1, 0.15) is 18.1 Å². The Balaban J connectivity index is 2.00. The van der Waals surface area contributed by atoms with Gasteiger partial charge in [-0.15, -0.1) is 0 Å². The van der Waals surface area contributed by atoms with Gasteiger partial charge in [0.1, 0.15) is 17.5 Å². The molecule has 5 nitrogen and oxygen atoms in total. The molecule has 2 aromatic rings. The molecular formula is C18H19N3O2. The molecule has 23 heavy (non-hydrogen) atoms. The summed E-state index contributed by atoms with van der Waals surface area (Å²) in [5.41, 5.74) is 1.92. The third-order valence-corrected chi connectivity index (χ3v) is 3.31. The van der Waals surface area contributed by atoms with Crippen LogP contribution < -0.4 is 10.1 Å². The SMILES string of the molecule is CCOc1ccc(C[C@H](C#N)C(=O)Nc2ccc(C)cn2)cc1. The molecule has 1 atom stereocenters. The van der Waals surface area contributed by atoms with Gasteiger partial charge in [-0.3, -0.25) is 4.79 Å². The second-order valence-corrected chi connectivity index (χ2v) is 5.17. The van der Waals surface area contributed by atoms with Crippen molar-refractivity contribution >= 4 is 11.7 Å². The minimum Gasteiger partial charge on any atom is -0.494 e. The molecule has 1 N–H and O–H groups in total. The quantitative estimate of drug-likeness (QED) is 0.889. The van der Waals surface area contributed by atoms with Crippen molar-refractivity contribution in [2.45, 2.75) is 20.3 Å². The van der Waals surface area contributed by atoms with Gasteiger partial charge in [0.15, 0.2) is 0 Å². The Morgan fingerprint density at radius 1 is 1.30 bits per heavy atom. The van der Waals surface area contributed by atoms with Gasteiger partial charge in [-0.05, 0) is 49.6 Å². The van der Waals surface area contributed by atoms with Crippen LogP contribution in [0.5, 0.6) is 5.75 Å². The summed E-state index contributed by atoms with van der Waals surface area (Å²) in [6.07, 6.45) is 2.02. The highest BCUT2D eigenvalue weighted by Crippen LogP contribution is 2.16. The summed E-state index contributed by atoms with van der Waals surface area (Å²) in [6.45, 7) is 4.44. The minimum absolute atomic E-state index is 0.348. The Hall–Kier alpha value is -2.87. The van der Waals surface area contributed by atoms with Crippen molar-refractivity contribution in [3.05, 3.63) is 53.7 Å². The normalized spacial score (nSPS) is 11.3. The monoisotopic (exact) mass is 309 g/mol. The van der Waals surface area contributed by atoms with Crippen molar-refractivity contribution in [2.24, 2.45) is 5.92 Å². The van der Waals surface area contributed by atoms with Crippen LogP contribution in [0.25, 0.3) is 0 Å². The number of benzene rings is 1.